The highest BCUT2D eigenvalue weighted by atomic mass is 16.6. The number of benzene rings is 2. The molecule has 4 aliphatic rings. The molecule has 7 rings (SSSR count). The fourth-order valence-electron chi connectivity index (χ4n) is 8.08. The van der Waals surface area contributed by atoms with E-state index in [0.717, 1.165) is 13.2 Å². The molecule has 0 amide bonds. The zero-order chi connectivity index (χ0) is 28.6. The minimum atomic E-state index is -1.83. The number of carbonyl (C=O) groups is 4. The van der Waals surface area contributed by atoms with Gasteiger partial charge in [0.2, 0.25) is 0 Å². The predicted octanol–water partition coefficient (Wildman–Crippen LogP) is 2.34. The van der Waals surface area contributed by atoms with Crippen molar-refractivity contribution in [3.05, 3.63) is 67.8 Å². The highest BCUT2D eigenvalue weighted by molar-refractivity contribution is 6.19. The number of ether oxygens (including phenoxy) is 3. The van der Waals surface area contributed by atoms with E-state index in [0.29, 0.717) is 11.1 Å². The summed E-state index contributed by atoms with van der Waals surface area (Å²) < 4.78 is 22.8. The van der Waals surface area contributed by atoms with Crippen LogP contribution >= 0.6 is 0 Å². The van der Waals surface area contributed by atoms with Gasteiger partial charge in [0.15, 0.2) is 11.6 Å². The standard InChI is InChI=1S/C29H22O11/c1-9-5-14(32)18-20-15(9)23(34)21-25(40-11(3)30)28(20,8-39-27(18)36)24-22(33)12-7-38-26(35)17-13(31)6-10(2)19(16(12)17)29(21,24)37-4/h5-7,21,24-25,31-32H,8H2,1-4H3/t21-,24+,25+,28?,29+/m0/s1. The molecule has 2 N–H and O–H groups in total. The van der Waals surface area contributed by atoms with E-state index in [1.807, 2.05) is 0 Å². The molecule has 3 aromatic rings. The number of aryl methyl sites for hydroxylation is 2. The van der Waals surface area contributed by atoms with E-state index in [2.05, 4.69) is 0 Å². The molecule has 5 atom stereocenters. The van der Waals surface area contributed by atoms with Crippen LogP contribution < -0.4 is 5.63 Å². The van der Waals surface area contributed by atoms with E-state index in [1.54, 1.807) is 13.8 Å². The normalized spacial score (nSPS) is 29.2. The van der Waals surface area contributed by atoms with Gasteiger partial charge in [-0.1, -0.05) is 0 Å². The largest absolute Gasteiger partial charge is 0.507 e. The van der Waals surface area contributed by atoms with Crippen LogP contribution in [0.2, 0.25) is 0 Å². The zero-order valence-electron chi connectivity index (χ0n) is 21.7. The first-order valence-corrected chi connectivity index (χ1v) is 12.6. The molecule has 0 radical (unpaired) electrons. The van der Waals surface area contributed by atoms with Crippen molar-refractivity contribution < 1.29 is 48.0 Å². The Kier molecular flexibility index (Phi) is 4.51. The summed E-state index contributed by atoms with van der Waals surface area (Å²) in [5.41, 5.74) is -3.47. The van der Waals surface area contributed by atoms with Crippen LogP contribution in [0.5, 0.6) is 11.5 Å². The Labute approximate surface area is 225 Å². The number of phenolic OH excluding ortho intramolecular Hbond substituents is 2. The third-order valence-electron chi connectivity index (χ3n) is 9.17. The number of rotatable bonds is 2. The number of aromatic hydroxyl groups is 2. The molecule has 1 fully saturated rings. The summed E-state index contributed by atoms with van der Waals surface area (Å²) in [6.07, 6.45) is -0.353. The van der Waals surface area contributed by atoms with E-state index < -0.39 is 76.2 Å². The van der Waals surface area contributed by atoms with Gasteiger partial charge in [-0.15, -0.1) is 0 Å². The van der Waals surface area contributed by atoms with Crippen LogP contribution in [0.15, 0.2) is 27.6 Å². The Bertz CT molecular complexity index is 1850. The smallest absolute Gasteiger partial charge is 0.347 e. The molecule has 1 aliphatic heterocycles. The molecule has 1 spiro atoms. The Balaban J connectivity index is 1.73. The Morgan fingerprint density at radius 1 is 0.975 bits per heavy atom. The lowest BCUT2D eigenvalue weighted by molar-refractivity contribution is -0.154. The Morgan fingerprint density at radius 3 is 2.35 bits per heavy atom. The van der Waals surface area contributed by atoms with Crippen molar-refractivity contribution in [1.82, 2.24) is 0 Å². The maximum atomic E-state index is 14.6. The van der Waals surface area contributed by atoms with Crippen LogP contribution in [0.3, 0.4) is 0 Å². The fourth-order valence-corrected chi connectivity index (χ4v) is 8.08. The van der Waals surface area contributed by atoms with Crippen LogP contribution in [0.1, 0.15) is 60.3 Å². The summed E-state index contributed by atoms with van der Waals surface area (Å²) in [6.45, 7) is 3.94. The van der Waals surface area contributed by atoms with Gasteiger partial charge in [0.25, 0.3) is 0 Å². The van der Waals surface area contributed by atoms with Gasteiger partial charge in [0.05, 0.1) is 22.8 Å². The number of fused-ring (bicyclic) bond motifs is 4. The number of Topliss-reactive ketones (excluding diaryl/α,β-unsaturated/α-hetero) is 2. The van der Waals surface area contributed by atoms with E-state index in [9.17, 15) is 34.2 Å². The molecule has 2 bridgehead atoms. The van der Waals surface area contributed by atoms with Gasteiger partial charge in [-0.25, -0.2) is 9.59 Å². The minimum absolute atomic E-state index is 0.0471. The Morgan fingerprint density at radius 2 is 1.68 bits per heavy atom. The van der Waals surface area contributed by atoms with Crippen molar-refractivity contribution in [2.45, 2.75) is 37.9 Å². The monoisotopic (exact) mass is 546 g/mol. The molecule has 3 aliphatic carbocycles. The summed E-state index contributed by atoms with van der Waals surface area (Å²) in [7, 11) is 1.31. The highest BCUT2D eigenvalue weighted by Gasteiger charge is 2.80. The maximum absolute atomic E-state index is 14.6. The molecule has 204 valence electrons. The molecule has 11 heteroatoms. The van der Waals surface area contributed by atoms with Crippen LogP contribution in [0.4, 0.5) is 0 Å². The van der Waals surface area contributed by atoms with Crippen LogP contribution in [0, 0.1) is 25.7 Å². The van der Waals surface area contributed by atoms with Gasteiger partial charge in [0.1, 0.15) is 47.0 Å². The number of methoxy groups -OCH3 is 1. The lowest BCUT2D eigenvalue weighted by Crippen LogP contribution is -2.57. The van der Waals surface area contributed by atoms with Crippen LogP contribution in [-0.4, -0.2) is 53.5 Å². The quantitative estimate of drug-likeness (QED) is 0.453. The van der Waals surface area contributed by atoms with Gasteiger partial charge < -0.3 is 28.8 Å². The number of esters is 2. The van der Waals surface area contributed by atoms with Gasteiger partial charge >= 0.3 is 17.6 Å². The fraction of sp³-hybridized carbons (Fsp3) is 0.345. The zero-order valence-corrected chi connectivity index (χ0v) is 21.7. The van der Waals surface area contributed by atoms with Crippen molar-refractivity contribution in [2.75, 3.05) is 13.7 Å². The average Bonchev–Trinajstić information content (AvgIpc) is 3.06. The van der Waals surface area contributed by atoms with Gasteiger partial charge in [-0.3, -0.25) is 14.4 Å². The van der Waals surface area contributed by atoms with Crippen LogP contribution in [0.25, 0.3) is 10.8 Å². The van der Waals surface area contributed by atoms with Crippen molar-refractivity contribution >= 4 is 34.3 Å². The first-order chi connectivity index (χ1) is 18.9. The number of carbonyl (C=O) groups excluding carboxylic acids is 4. The highest BCUT2D eigenvalue weighted by Crippen LogP contribution is 2.70. The molecule has 1 aromatic heterocycles. The lowest BCUT2D eigenvalue weighted by Gasteiger charge is -2.47. The first-order valence-electron chi connectivity index (χ1n) is 12.6. The average molecular weight is 546 g/mol. The summed E-state index contributed by atoms with van der Waals surface area (Å²) in [6, 6.07) is 2.61. The molecule has 1 saturated carbocycles. The molecule has 2 aromatic carbocycles. The third kappa shape index (κ3) is 2.40. The van der Waals surface area contributed by atoms with Gasteiger partial charge in [0, 0.05) is 25.0 Å². The first kappa shape index (κ1) is 24.5. The minimum Gasteiger partial charge on any atom is -0.507 e. The van der Waals surface area contributed by atoms with Crippen molar-refractivity contribution in [3.63, 3.8) is 0 Å². The molecule has 0 saturated heterocycles. The second-order valence-electron chi connectivity index (χ2n) is 10.9. The van der Waals surface area contributed by atoms with Gasteiger partial charge in [-0.05, 0) is 48.2 Å². The summed E-state index contributed by atoms with van der Waals surface area (Å²) in [5.74, 6) is -6.33. The molecular weight excluding hydrogens is 524 g/mol. The van der Waals surface area contributed by atoms with Crippen molar-refractivity contribution in [3.8, 4) is 11.5 Å². The molecular formula is C29H22O11. The SMILES string of the molecule is CO[C@@]12c3c(C)cc(O)c4c(=O)occ(c34)C(=O)[C@@H]1C13COC(=O)c4c(O)cc(C)c(c41)C(=O)[C@H]2[C@H]3OC(C)=O. The summed E-state index contributed by atoms with van der Waals surface area (Å²) >= 11 is 0. The van der Waals surface area contributed by atoms with E-state index in [-0.39, 0.29) is 38.6 Å². The summed E-state index contributed by atoms with van der Waals surface area (Å²) in [5, 5.41) is 21.5. The molecule has 40 heavy (non-hydrogen) atoms. The van der Waals surface area contributed by atoms with E-state index >= 15 is 0 Å². The molecule has 1 unspecified atom stereocenters. The van der Waals surface area contributed by atoms with E-state index in [1.165, 1.54) is 19.2 Å². The second kappa shape index (κ2) is 7.36. The third-order valence-corrected chi connectivity index (χ3v) is 9.17. The second-order valence-corrected chi connectivity index (χ2v) is 10.9. The number of phenols is 2. The summed E-state index contributed by atoms with van der Waals surface area (Å²) in [4.78, 5) is 67.6. The number of cyclic esters (lactones) is 1. The number of ketones is 2. The lowest BCUT2D eigenvalue weighted by atomic mass is 9.59. The molecule has 2 heterocycles. The van der Waals surface area contributed by atoms with Gasteiger partial charge in [-0.2, -0.15) is 0 Å². The number of hydrogen-bond donors (Lipinski definition) is 2. The molecule has 11 nitrogen and oxygen atoms in total. The van der Waals surface area contributed by atoms with Crippen molar-refractivity contribution in [2.24, 2.45) is 11.8 Å². The predicted molar refractivity (Wildman–Crippen MR) is 134 cm³/mol. The van der Waals surface area contributed by atoms with E-state index in [4.69, 9.17) is 18.6 Å². The number of hydrogen-bond acceptors (Lipinski definition) is 11. The maximum Gasteiger partial charge on any atom is 0.347 e. The Hall–Kier alpha value is -4.51. The van der Waals surface area contributed by atoms with Crippen molar-refractivity contribution in [1.29, 1.82) is 0 Å². The van der Waals surface area contributed by atoms with Crippen LogP contribution in [-0.2, 0) is 30.0 Å². The topological polar surface area (TPSA) is 167 Å².